The average molecular weight is 449 g/mol. The van der Waals surface area contributed by atoms with Crippen molar-refractivity contribution in [2.75, 3.05) is 0 Å². The number of aliphatic carboxylic acids is 1. The summed E-state index contributed by atoms with van der Waals surface area (Å²) in [7, 11) is 0. The molecule has 1 fully saturated rings. The number of carbonyl (C=O) groups excluding carboxylic acids is 2. The predicted molar refractivity (Wildman–Crippen MR) is 121 cm³/mol. The van der Waals surface area contributed by atoms with Gasteiger partial charge in [-0.15, -0.1) is 0 Å². The normalized spacial score (nSPS) is 17.8. The summed E-state index contributed by atoms with van der Waals surface area (Å²) in [6, 6.07) is 19.6. The molecule has 0 spiro atoms. The molecule has 4 rings (SSSR count). The van der Waals surface area contributed by atoms with Crippen molar-refractivity contribution in [3.63, 3.8) is 0 Å². The van der Waals surface area contributed by atoms with E-state index >= 15 is 0 Å². The number of carbonyl (C=O) groups is 3. The van der Waals surface area contributed by atoms with Gasteiger partial charge in [0.25, 0.3) is 5.91 Å². The zero-order valence-electron chi connectivity index (χ0n) is 17.1. The van der Waals surface area contributed by atoms with Gasteiger partial charge in [0.1, 0.15) is 6.04 Å². The van der Waals surface area contributed by atoms with Crippen molar-refractivity contribution in [2.45, 2.75) is 24.9 Å². The number of hydrogen-bond donors (Lipinski definition) is 2. The summed E-state index contributed by atoms with van der Waals surface area (Å²) in [6.45, 7) is 0. The van der Waals surface area contributed by atoms with Crippen LogP contribution in [-0.4, -0.2) is 33.8 Å². The molecule has 3 aromatic rings. The van der Waals surface area contributed by atoms with Gasteiger partial charge < -0.3 is 15.7 Å². The lowest BCUT2D eigenvalue weighted by Gasteiger charge is -2.29. The van der Waals surface area contributed by atoms with E-state index in [9.17, 15) is 19.5 Å². The van der Waals surface area contributed by atoms with Crippen LogP contribution in [0.3, 0.4) is 0 Å². The number of carboxylic acid groups (broad SMARTS) is 1. The Kier molecular flexibility index (Phi) is 5.97. The maximum absolute atomic E-state index is 13.4. The first-order valence-corrected chi connectivity index (χ1v) is 10.5. The second kappa shape index (κ2) is 8.85. The molecule has 0 aromatic heterocycles. The molecule has 162 valence electrons. The largest absolute Gasteiger partial charge is 0.480 e. The van der Waals surface area contributed by atoms with E-state index in [2.05, 4.69) is 0 Å². The number of carboxylic acids is 1. The molecule has 0 radical (unpaired) electrons. The van der Waals surface area contributed by atoms with Gasteiger partial charge in [-0.3, -0.25) is 9.59 Å². The van der Waals surface area contributed by atoms with Gasteiger partial charge in [0.15, 0.2) is 0 Å². The molecule has 32 heavy (non-hydrogen) atoms. The first-order chi connectivity index (χ1) is 15.4. The summed E-state index contributed by atoms with van der Waals surface area (Å²) in [6.07, 6.45) is 0.874. The summed E-state index contributed by atoms with van der Waals surface area (Å²) in [5.74, 6) is -1.91. The molecule has 3 aromatic carbocycles. The lowest BCUT2D eigenvalue weighted by Crippen LogP contribution is -2.41. The van der Waals surface area contributed by atoms with Crippen LogP contribution >= 0.6 is 11.6 Å². The number of nitrogens with zero attached hydrogens (tertiary/aromatic N) is 1. The fraction of sp³-hybridized carbons (Fsp3) is 0.160. The Morgan fingerprint density at radius 1 is 0.875 bits per heavy atom. The van der Waals surface area contributed by atoms with E-state index in [0.29, 0.717) is 29.0 Å². The van der Waals surface area contributed by atoms with Crippen LogP contribution in [0.4, 0.5) is 0 Å². The van der Waals surface area contributed by atoms with Crippen molar-refractivity contribution in [1.29, 1.82) is 0 Å². The predicted octanol–water partition coefficient (Wildman–Crippen LogP) is 4.54. The van der Waals surface area contributed by atoms with E-state index in [-0.39, 0.29) is 5.91 Å². The van der Waals surface area contributed by atoms with Gasteiger partial charge >= 0.3 is 5.97 Å². The minimum atomic E-state index is -1.03. The van der Waals surface area contributed by atoms with Crippen LogP contribution in [0.5, 0.6) is 0 Å². The lowest BCUT2D eigenvalue weighted by molar-refractivity contribution is -0.141. The molecule has 2 atom stereocenters. The van der Waals surface area contributed by atoms with Crippen LogP contribution in [0, 0.1) is 0 Å². The third-order valence-corrected chi connectivity index (χ3v) is 6.13. The highest BCUT2D eigenvalue weighted by atomic mass is 35.5. The number of benzene rings is 3. The average Bonchev–Trinajstić information content (AvgIpc) is 3.24. The van der Waals surface area contributed by atoms with Crippen LogP contribution in [0.15, 0.2) is 72.8 Å². The quantitative estimate of drug-likeness (QED) is 0.598. The lowest BCUT2D eigenvalue weighted by atomic mass is 10.0. The SMILES string of the molecule is NC(=O)c1cccc(-c2ccc(C(=O)N3[C@@H](c4ccccc4Cl)CC[C@H]3C(=O)O)cc2)c1. The van der Waals surface area contributed by atoms with Gasteiger partial charge in [-0.1, -0.05) is 54.1 Å². The molecular weight excluding hydrogens is 428 g/mol. The van der Waals surface area contributed by atoms with Crippen molar-refractivity contribution >= 4 is 29.4 Å². The highest BCUT2D eigenvalue weighted by molar-refractivity contribution is 6.31. The highest BCUT2D eigenvalue weighted by Gasteiger charge is 2.42. The van der Waals surface area contributed by atoms with Crippen LogP contribution < -0.4 is 5.73 Å². The minimum absolute atomic E-state index is 0.356. The number of nitrogens with two attached hydrogens (primary N) is 1. The number of likely N-dealkylation sites (tertiary alicyclic amines) is 1. The third kappa shape index (κ3) is 4.09. The van der Waals surface area contributed by atoms with Crippen molar-refractivity contribution in [3.8, 4) is 11.1 Å². The Balaban J connectivity index is 1.65. The second-order valence-corrected chi connectivity index (χ2v) is 8.11. The van der Waals surface area contributed by atoms with Crippen molar-refractivity contribution in [2.24, 2.45) is 5.73 Å². The maximum atomic E-state index is 13.4. The molecule has 0 saturated carbocycles. The van der Waals surface area contributed by atoms with Crippen LogP contribution in [0.2, 0.25) is 5.02 Å². The van der Waals surface area contributed by atoms with Gasteiger partial charge in [-0.2, -0.15) is 0 Å². The second-order valence-electron chi connectivity index (χ2n) is 7.70. The van der Waals surface area contributed by atoms with Crippen LogP contribution in [0.25, 0.3) is 11.1 Å². The topological polar surface area (TPSA) is 101 Å². The molecular formula is C25H21ClN2O4. The summed E-state index contributed by atoms with van der Waals surface area (Å²) < 4.78 is 0. The van der Waals surface area contributed by atoms with Gasteiger partial charge in [-0.25, -0.2) is 4.79 Å². The zero-order chi connectivity index (χ0) is 22.8. The Morgan fingerprint density at radius 2 is 1.59 bits per heavy atom. The third-order valence-electron chi connectivity index (χ3n) is 5.78. The van der Waals surface area contributed by atoms with E-state index in [4.69, 9.17) is 17.3 Å². The maximum Gasteiger partial charge on any atom is 0.326 e. The van der Waals surface area contributed by atoms with Crippen LogP contribution in [0.1, 0.15) is 45.2 Å². The molecule has 1 aliphatic rings. The Bertz CT molecular complexity index is 1190. The van der Waals surface area contributed by atoms with E-state index in [0.717, 1.165) is 16.7 Å². The van der Waals surface area contributed by atoms with E-state index in [1.165, 1.54) is 4.90 Å². The molecule has 2 amide bonds. The van der Waals surface area contributed by atoms with Gasteiger partial charge in [0, 0.05) is 16.1 Å². The van der Waals surface area contributed by atoms with Crippen molar-refractivity contribution in [1.82, 2.24) is 4.90 Å². The molecule has 7 heteroatoms. The van der Waals surface area contributed by atoms with Crippen molar-refractivity contribution < 1.29 is 19.5 Å². The van der Waals surface area contributed by atoms with E-state index < -0.39 is 24.0 Å². The number of primary amides is 1. The Hall–Kier alpha value is -3.64. The number of hydrogen-bond acceptors (Lipinski definition) is 3. The van der Waals surface area contributed by atoms with Gasteiger partial charge in [0.2, 0.25) is 5.91 Å². The van der Waals surface area contributed by atoms with Gasteiger partial charge in [0.05, 0.1) is 6.04 Å². The molecule has 0 aliphatic carbocycles. The van der Waals surface area contributed by atoms with E-state index in [1.54, 1.807) is 54.6 Å². The standard InChI is InChI=1S/C25H21ClN2O4/c26-20-7-2-1-6-19(20)21-12-13-22(25(31)32)28(21)24(30)16-10-8-15(9-11-16)17-4-3-5-18(14-17)23(27)29/h1-11,14,21-22H,12-13H2,(H2,27,29)(H,31,32)/t21-,22+/m1/s1. The summed E-state index contributed by atoms with van der Waals surface area (Å²) in [5.41, 5.74) is 8.47. The smallest absolute Gasteiger partial charge is 0.326 e. The Morgan fingerprint density at radius 3 is 2.25 bits per heavy atom. The summed E-state index contributed by atoms with van der Waals surface area (Å²) in [4.78, 5) is 38.1. The number of rotatable bonds is 5. The number of halogens is 1. The Labute approximate surface area is 190 Å². The summed E-state index contributed by atoms with van der Waals surface area (Å²) >= 11 is 6.35. The zero-order valence-corrected chi connectivity index (χ0v) is 17.8. The molecule has 1 heterocycles. The van der Waals surface area contributed by atoms with Gasteiger partial charge in [-0.05, 0) is 59.9 Å². The summed E-state index contributed by atoms with van der Waals surface area (Å²) in [5, 5.41) is 10.2. The molecule has 0 unspecified atom stereocenters. The molecule has 6 nitrogen and oxygen atoms in total. The number of amides is 2. The first kappa shape index (κ1) is 21.6. The van der Waals surface area contributed by atoms with Crippen molar-refractivity contribution in [3.05, 3.63) is 94.5 Å². The van der Waals surface area contributed by atoms with E-state index in [1.807, 2.05) is 18.2 Å². The fourth-order valence-electron chi connectivity index (χ4n) is 4.19. The van der Waals surface area contributed by atoms with Crippen LogP contribution in [-0.2, 0) is 4.79 Å². The molecule has 1 saturated heterocycles. The highest BCUT2D eigenvalue weighted by Crippen LogP contribution is 2.40. The molecule has 3 N–H and O–H groups in total. The minimum Gasteiger partial charge on any atom is -0.480 e. The monoisotopic (exact) mass is 448 g/mol. The molecule has 1 aliphatic heterocycles. The first-order valence-electron chi connectivity index (χ1n) is 10.2. The fourth-order valence-corrected chi connectivity index (χ4v) is 4.46. The molecule has 0 bridgehead atoms.